The van der Waals surface area contributed by atoms with Gasteiger partial charge in [0.05, 0.1) is 12.8 Å². The molecule has 4 nitrogen and oxygen atoms in total. The molecule has 1 N–H and O–H groups in total. The summed E-state index contributed by atoms with van der Waals surface area (Å²) < 4.78 is 0. The molecule has 0 spiro atoms. The van der Waals surface area contributed by atoms with Crippen LogP contribution in [0.4, 0.5) is 0 Å². The van der Waals surface area contributed by atoms with Crippen LogP contribution in [0, 0.1) is 0 Å². The zero-order valence-corrected chi connectivity index (χ0v) is 10.3. The van der Waals surface area contributed by atoms with Crippen LogP contribution >= 0.6 is 11.6 Å². The maximum Gasteiger partial charge on any atom is 0.305 e. The number of carboxylic acids is 1. The molecule has 1 amide bonds. The lowest BCUT2D eigenvalue weighted by Gasteiger charge is -2.15. The van der Waals surface area contributed by atoms with E-state index < -0.39 is 5.97 Å². The zero-order chi connectivity index (χ0) is 12.8. The van der Waals surface area contributed by atoms with E-state index in [0.717, 1.165) is 5.56 Å². The molecule has 0 aromatic heterocycles. The lowest BCUT2D eigenvalue weighted by molar-refractivity contribution is -0.138. The summed E-state index contributed by atoms with van der Waals surface area (Å²) in [6, 6.07) is 7.06. The van der Waals surface area contributed by atoms with Gasteiger partial charge in [-0.05, 0) is 17.7 Å². The number of hydrogen-bond acceptors (Lipinski definition) is 2. The SMILES string of the molecule is CN(CCC(=O)O)C(=O)Cc1cccc(Cl)c1. The molecule has 0 unspecified atom stereocenters. The van der Waals surface area contributed by atoms with Crippen molar-refractivity contribution in [1.82, 2.24) is 4.90 Å². The summed E-state index contributed by atoms with van der Waals surface area (Å²) in [5.41, 5.74) is 0.824. The molecule has 17 heavy (non-hydrogen) atoms. The lowest BCUT2D eigenvalue weighted by Crippen LogP contribution is -2.30. The summed E-state index contributed by atoms with van der Waals surface area (Å²) in [5, 5.41) is 9.10. The second-order valence-corrected chi connectivity index (χ2v) is 4.20. The van der Waals surface area contributed by atoms with E-state index in [-0.39, 0.29) is 25.3 Å². The van der Waals surface area contributed by atoms with Crippen LogP contribution in [-0.4, -0.2) is 35.5 Å². The second-order valence-electron chi connectivity index (χ2n) is 3.77. The summed E-state index contributed by atoms with van der Waals surface area (Å²) in [7, 11) is 1.59. The highest BCUT2D eigenvalue weighted by Crippen LogP contribution is 2.11. The number of halogens is 1. The number of carboxylic acid groups (broad SMARTS) is 1. The molecule has 0 saturated heterocycles. The smallest absolute Gasteiger partial charge is 0.305 e. The molecule has 0 radical (unpaired) electrons. The van der Waals surface area contributed by atoms with Crippen molar-refractivity contribution >= 4 is 23.5 Å². The monoisotopic (exact) mass is 255 g/mol. The van der Waals surface area contributed by atoms with Gasteiger partial charge in [0, 0.05) is 18.6 Å². The largest absolute Gasteiger partial charge is 0.481 e. The highest BCUT2D eigenvalue weighted by molar-refractivity contribution is 6.30. The van der Waals surface area contributed by atoms with Crippen LogP contribution in [-0.2, 0) is 16.0 Å². The third-order valence-corrected chi connectivity index (χ3v) is 2.57. The molecule has 0 bridgehead atoms. The molecule has 1 rings (SSSR count). The maximum absolute atomic E-state index is 11.7. The number of likely N-dealkylation sites (N-methyl/N-ethyl adjacent to an activating group) is 1. The number of hydrogen-bond donors (Lipinski definition) is 1. The molecule has 1 aromatic carbocycles. The van der Waals surface area contributed by atoms with Gasteiger partial charge in [0.15, 0.2) is 0 Å². The minimum absolute atomic E-state index is 0.0439. The van der Waals surface area contributed by atoms with Gasteiger partial charge in [-0.2, -0.15) is 0 Å². The first-order chi connectivity index (χ1) is 7.99. The number of carbonyl (C=O) groups is 2. The minimum atomic E-state index is -0.910. The molecule has 5 heteroatoms. The van der Waals surface area contributed by atoms with Gasteiger partial charge < -0.3 is 10.0 Å². The van der Waals surface area contributed by atoms with Gasteiger partial charge in [0.2, 0.25) is 5.91 Å². The minimum Gasteiger partial charge on any atom is -0.481 e. The first-order valence-corrected chi connectivity index (χ1v) is 5.57. The Morgan fingerprint density at radius 2 is 2.12 bits per heavy atom. The van der Waals surface area contributed by atoms with E-state index in [4.69, 9.17) is 16.7 Å². The summed E-state index contributed by atoms with van der Waals surface area (Å²) in [4.78, 5) is 23.5. The van der Waals surface area contributed by atoms with Crippen molar-refractivity contribution in [3.63, 3.8) is 0 Å². The van der Waals surface area contributed by atoms with Crippen molar-refractivity contribution in [2.75, 3.05) is 13.6 Å². The van der Waals surface area contributed by atoms with Gasteiger partial charge in [-0.3, -0.25) is 9.59 Å². The molecule has 0 aliphatic heterocycles. The molecule has 1 aromatic rings. The highest BCUT2D eigenvalue weighted by atomic mass is 35.5. The normalized spacial score (nSPS) is 10.0. The van der Waals surface area contributed by atoms with Gasteiger partial charge in [0.25, 0.3) is 0 Å². The van der Waals surface area contributed by atoms with E-state index in [2.05, 4.69) is 0 Å². The Labute approximate surface area is 105 Å². The van der Waals surface area contributed by atoms with Gasteiger partial charge in [0.1, 0.15) is 0 Å². The van der Waals surface area contributed by atoms with Crippen molar-refractivity contribution in [3.8, 4) is 0 Å². The fourth-order valence-corrected chi connectivity index (χ4v) is 1.56. The number of carbonyl (C=O) groups excluding carboxylic acids is 1. The first kappa shape index (κ1) is 13.5. The van der Waals surface area contributed by atoms with Gasteiger partial charge in [-0.1, -0.05) is 23.7 Å². The second kappa shape index (κ2) is 6.25. The van der Waals surface area contributed by atoms with Gasteiger partial charge in [-0.15, -0.1) is 0 Å². The Hall–Kier alpha value is -1.55. The summed E-state index contributed by atoms with van der Waals surface area (Å²) in [5.74, 6) is -1.03. The van der Waals surface area contributed by atoms with Crippen LogP contribution in [0.3, 0.4) is 0 Å². The fourth-order valence-electron chi connectivity index (χ4n) is 1.34. The third kappa shape index (κ3) is 4.87. The van der Waals surface area contributed by atoms with Gasteiger partial charge >= 0.3 is 5.97 Å². The number of rotatable bonds is 5. The average molecular weight is 256 g/mol. The third-order valence-electron chi connectivity index (χ3n) is 2.33. The summed E-state index contributed by atoms with van der Waals surface area (Å²) >= 11 is 5.81. The van der Waals surface area contributed by atoms with Crippen molar-refractivity contribution in [2.45, 2.75) is 12.8 Å². The van der Waals surface area contributed by atoms with Crippen LogP contribution < -0.4 is 0 Å². The first-order valence-electron chi connectivity index (χ1n) is 5.19. The van der Waals surface area contributed by atoms with Crippen molar-refractivity contribution in [3.05, 3.63) is 34.9 Å². The van der Waals surface area contributed by atoms with Crippen molar-refractivity contribution in [1.29, 1.82) is 0 Å². The predicted molar refractivity (Wildman–Crippen MR) is 65.0 cm³/mol. The van der Waals surface area contributed by atoms with Crippen LogP contribution in [0.1, 0.15) is 12.0 Å². The Balaban J connectivity index is 2.51. The van der Waals surface area contributed by atoms with Crippen LogP contribution in [0.5, 0.6) is 0 Å². The molecule has 0 heterocycles. The summed E-state index contributed by atoms with van der Waals surface area (Å²) in [6.07, 6.45) is 0.189. The maximum atomic E-state index is 11.7. The molecule has 0 aliphatic carbocycles. The Kier molecular flexibility index (Phi) is 4.97. The average Bonchev–Trinajstić information content (AvgIpc) is 2.25. The van der Waals surface area contributed by atoms with Crippen molar-refractivity contribution < 1.29 is 14.7 Å². The molecule has 0 aliphatic rings. The molecule has 92 valence electrons. The number of nitrogens with zero attached hydrogens (tertiary/aromatic N) is 1. The van der Waals surface area contributed by atoms with E-state index in [1.54, 1.807) is 25.2 Å². The van der Waals surface area contributed by atoms with E-state index >= 15 is 0 Å². The lowest BCUT2D eigenvalue weighted by atomic mass is 10.1. The van der Waals surface area contributed by atoms with E-state index in [1.165, 1.54) is 4.90 Å². The number of amides is 1. The molecule has 0 saturated carbocycles. The number of aliphatic carboxylic acids is 1. The van der Waals surface area contributed by atoms with E-state index in [9.17, 15) is 9.59 Å². The Morgan fingerprint density at radius 1 is 1.41 bits per heavy atom. The topological polar surface area (TPSA) is 57.6 Å². The summed E-state index contributed by atoms with van der Waals surface area (Å²) in [6.45, 7) is 0.217. The molecular weight excluding hydrogens is 242 g/mol. The fraction of sp³-hybridized carbons (Fsp3) is 0.333. The highest BCUT2D eigenvalue weighted by Gasteiger charge is 2.11. The molecule has 0 atom stereocenters. The van der Waals surface area contributed by atoms with Crippen molar-refractivity contribution in [2.24, 2.45) is 0 Å². The standard InChI is InChI=1S/C12H14ClNO3/c1-14(6-5-12(16)17)11(15)8-9-3-2-4-10(13)7-9/h2-4,7H,5-6,8H2,1H3,(H,16,17). The predicted octanol–water partition coefficient (Wildman–Crippen LogP) is 1.82. The Morgan fingerprint density at radius 3 is 2.71 bits per heavy atom. The molecular formula is C12H14ClNO3. The van der Waals surface area contributed by atoms with Gasteiger partial charge in [-0.25, -0.2) is 0 Å². The van der Waals surface area contributed by atoms with Crippen LogP contribution in [0.15, 0.2) is 24.3 Å². The van der Waals surface area contributed by atoms with E-state index in [1.807, 2.05) is 6.07 Å². The van der Waals surface area contributed by atoms with Crippen LogP contribution in [0.2, 0.25) is 5.02 Å². The Bertz CT molecular complexity index is 420. The zero-order valence-electron chi connectivity index (χ0n) is 9.52. The van der Waals surface area contributed by atoms with E-state index in [0.29, 0.717) is 5.02 Å². The number of benzene rings is 1. The van der Waals surface area contributed by atoms with Crippen LogP contribution in [0.25, 0.3) is 0 Å². The molecule has 0 fully saturated rings. The quantitative estimate of drug-likeness (QED) is 0.873.